The largest absolute Gasteiger partial charge is 0.0991 e. The van der Waals surface area contributed by atoms with Gasteiger partial charge in [-0.1, -0.05) is 107 Å². The van der Waals surface area contributed by atoms with Crippen molar-refractivity contribution < 1.29 is 0 Å². The minimum absolute atomic E-state index is 1.21. The molecule has 0 aromatic carbocycles. The molecule has 0 aliphatic rings. The molecule has 106 valence electrons. The van der Waals surface area contributed by atoms with Gasteiger partial charge >= 0.3 is 0 Å². The summed E-state index contributed by atoms with van der Waals surface area (Å²) in [7, 11) is 0. The lowest BCUT2D eigenvalue weighted by atomic mass is 10.1. The summed E-state index contributed by atoms with van der Waals surface area (Å²) in [6.07, 6.45) is 29.1. The standard InChI is InChI=1S/C19H30/c1-3-5-7-9-11-13-15-17-19-18-16-14-12-10-8-6-4-2/h3,5,7,9,11,13,15,17,19H,1,4,6,8,10,12,14,16,18H2,2H3. The molecule has 0 heterocycles. The van der Waals surface area contributed by atoms with E-state index >= 15 is 0 Å². The van der Waals surface area contributed by atoms with Gasteiger partial charge in [0.1, 0.15) is 0 Å². The van der Waals surface area contributed by atoms with E-state index in [2.05, 4.69) is 37.8 Å². The molecule has 0 aromatic rings. The van der Waals surface area contributed by atoms with Crippen LogP contribution in [0.2, 0.25) is 0 Å². The minimum Gasteiger partial charge on any atom is -0.0991 e. The molecule has 0 heteroatoms. The molecule has 0 rings (SSSR count). The first-order chi connectivity index (χ1) is 9.41. The van der Waals surface area contributed by atoms with Crippen LogP contribution in [0.15, 0.2) is 61.3 Å². The van der Waals surface area contributed by atoms with Gasteiger partial charge in [-0.15, -0.1) is 0 Å². The molecule has 0 amide bonds. The first-order valence-electron chi connectivity index (χ1n) is 7.69. The summed E-state index contributed by atoms with van der Waals surface area (Å²) in [6.45, 7) is 5.88. The summed E-state index contributed by atoms with van der Waals surface area (Å²) in [6, 6.07) is 0. The molecule has 19 heavy (non-hydrogen) atoms. The Labute approximate surface area is 120 Å². The van der Waals surface area contributed by atoms with E-state index in [1.807, 2.05) is 24.3 Å². The van der Waals surface area contributed by atoms with Crippen molar-refractivity contribution in [3.63, 3.8) is 0 Å². The van der Waals surface area contributed by atoms with E-state index in [4.69, 9.17) is 0 Å². The van der Waals surface area contributed by atoms with Crippen LogP contribution in [0.4, 0.5) is 0 Å². The van der Waals surface area contributed by atoms with E-state index in [0.29, 0.717) is 0 Å². The molecule has 0 bridgehead atoms. The summed E-state index contributed by atoms with van der Waals surface area (Å²) in [5, 5.41) is 0. The minimum atomic E-state index is 1.21. The van der Waals surface area contributed by atoms with Gasteiger partial charge in [-0.25, -0.2) is 0 Å². The third-order valence-corrected chi connectivity index (χ3v) is 2.91. The highest BCUT2D eigenvalue weighted by Gasteiger charge is 1.88. The first kappa shape index (κ1) is 17.7. The number of allylic oxidation sites excluding steroid dienone is 9. The van der Waals surface area contributed by atoms with E-state index in [1.165, 1.54) is 51.4 Å². The fourth-order valence-corrected chi connectivity index (χ4v) is 1.79. The van der Waals surface area contributed by atoms with Gasteiger partial charge in [0, 0.05) is 0 Å². The number of hydrogen-bond acceptors (Lipinski definition) is 0. The second-order valence-corrected chi connectivity index (χ2v) is 4.73. The monoisotopic (exact) mass is 258 g/mol. The van der Waals surface area contributed by atoms with Gasteiger partial charge < -0.3 is 0 Å². The Morgan fingerprint density at radius 1 is 0.632 bits per heavy atom. The van der Waals surface area contributed by atoms with Gasteiger partial charge in [-0.2, -0.15) is 0 Å². The lowest BCUT2D eigenvalue weighted by Crippen LogP contribution is -1.78. The molecule has 0 aliphatic heterocycles. The van der Waals surface area contributed by atoms with E-state index in [1.54, 1.807) is 6.08 Å². The van der Waals surface area contributed by atoms with Crippen molar-refractivity contribution in [1.82, 2.24) is 0 Å². The van der Waals surface area contributed by atoms with Gasteiger partial charge in [-0.05, 0) is 12.8 Å². The lowest BCUT2D eigenvalue weighted by molar-refractivity contribution is 0.592. The van der Waals surface area contributed by atoms with Crippen LogP contribution >= 0.6 is 0 Å². The van der Waals surface area contributed by atoms with Crippen molar-refractivity contribution in [3.05, 3.63) is 61.3 Å². The average molecular weight is 258 g/mol. The van der Waals surface area contributed by atoms with Crippen LogP contribution < -0.4 is 0 Å². The second-order valence-electron chi connectivity index (χ2n) is 4.73. The van der Waals surface area contributed by atoms with Crippen molar-refractivity contribution in [1.29, 1.82) is 0 Å². The number of hydrogen-bond donors (Lipinski definition) is 0. The fourth-order valence-electron chi connectivity index (χ4n) is 1.79. The van der Waals surface area contributed by atoms with Crippen molar-refractivity contribution in [2.45, 2.75) is 58.3 Å². The zero-order valence-electron chi connectivity index (χ0n) is 12.6. The summed E-state index contributed by atoms with van der Waals surface area (Å²) in [5.41, 5.74) is 0. The highest BCUT2D eigenvalue weighted by Crippen LogP contribution is 2.08. The third-order valence-electron chi connectivity index (χ3n) is 2.91. The molecule has 0 aliphatic carbocycles. The topological polar surface area (TPSA) is 0 Å². The smallest absolute Gasteiger partial charge is 0.0348 e. The van der Waals surface area contributed by atoms with Gasteiger partial charge in [-0.3, -0.25) is 0 Å². The van der Waals surface area contributed by atoms with E-state index < -0.39 is 0 Å². The van der Waals surface area contributed by atoms with E-state index in [-0.39, 0.29) is 0 Å². The highest BCUT2D eigenvalue weighted by molar-refractivity contribution is 5.17. The maximum absolute atomic E-state index is 3.61. The molecule has 0 unspecified atom stereocenters. The summed E-state index contributed by atoms with van der Waals surface area (Å²) < 4.78 is 0. The number of rotatable bonds is 12. The number of unbranched alkanes of at least 4 members (excludes halogenated alkanes) is 7. The Bertz CT molecular complexity index is 289. The fraction of sp³-hybridized carbons (Fsp3) is 0.474. The van der Waals surface area contributed by atoms with Crippen LogP contribution in [0.1, 0.15) is 58.3 Å². The quantitative estimate of drug-likeness (QED) is 0.275. The molecule has 0 spiro atoms. The highest BCUT2D eigenvalue weighted by atomic mass is 13.9. The normalized spacial score (nSPS) is 12.5. The summed E-state index contributed by atoms with van der Waals surface area (Å²) in [5.74, 6) is 0. The molecular weight excluding hydrogens is 228 g/mol. The summed E-state index contributed by atoms with van der Waals surface area (Å²) >= 11 is 0. The van der Waals surface area contributed by atoms with E-state index in [0.717, 1.165) is 0 Å². The van der Waals surface area contributed by atoms with Crippen molar-refractivity contribution >= 4 is 0 Å². The predicted octanol–water partition coefficient (Wildman–Crippen LogP) is 6.54. The zero-order chi connectivity index (χ0) is 14.0. The SMILES string of the molecule is C=CC=CC=CC=CC=CCCCCCCCCC. The van der Waals surface area contributed by atoms with Crippen molar-refractivity contribution in [2.24, 2.45) is 0 Å². The van der Waals surface area contributed by atoms with E-state index in [9.17, 15) is 0 Å². The first-order valence-corrected chi connectivity index (χ1v) is 7.69. The molecule has 0 aromatic heterocycles. The molecule has 0 N–H and O–H groups in total. The lowest BCUT2D eigenvalue weighted by Gasteiger charge is -1.98. The predicted molar refractivity (Wildman–Crippen MR) is 89.4 cm³/mol. The van der Waals surface area contributed by atoms with Gasteiger partial charge in [0.25, 0.3) is 0 Å². The molecule has 0 saturated heterocycles. The zero-order valence-corrected chi connectivity index (χ0v) is 12.6. The Kier molecular flexibility index (Phi) is 15.6. The Morgan fingerprint density at radius 3 is 1.79 bits per heavy atom. The molecule has 0 atom stereocenters. The van der Waals surface area contributed by atoms with Crippen LogP contribution in [0.25, 0.3) is 0 Å². The summed E-state index contributed by atoms with van der Waals surface area (Å²) in [4.78, 5) is 0. The van der Waals surface area contributed by atoms with Crippen LogP contribution in [0.3, 0.4) is 0 Å². The van der Waals surface area contributed by atoms with Crippen LogP contribution in [-0.4, -0.2) is 0 Å². The molecule has 0 fully saturated rings. The maximum atomic E-state index is 3.61. The van der Waals surface area contributed by atoms with Gasteiger partial charge in [0.15, 0.2) is 0 Å². The van der Waals surface area contributed by atoms with Crippen LogP contribution in [0, 0.1) is 0 Å². The van der Waals surface area contributed by atoms with Crippen molar-refractivity contribution in [3.8, 4) is 0 Å². The van der Waals surface area contributed by atoms with Gasteiger partial charge in [0.05, 0.1) is 0 Å². The van der Waals surface area contributed by atoms with Crippen LogP contribution in [-0.2, 0) is 0 Å². The molecular formula is C19H30. The van der Waals surface area contributed by atoms with Crippen molar-refractivity contribution in [2.75, 3.05) is 0 Å². The average Bonchev–Trinajstić information content (AvgIpc) is 2.43. The molecule has 0 radical (unpaired) electrons. The maximum Gasteiger partial charge on any atom is -0.0348 e. The Morgan fingerprint density at radius 2 is 1.16 bits per heavy atom. The van der Waals surface area contributed by atoms with Gasteiger partial charge in [0.2, 0.25) is 0 Å². The Balaban J connectivity index is 3.34. The molecule has 0 saturated carbocycles. The second kappa shape index (κ2) is 16.7. The van der Waals surface area contributed by atoms with Crippen LogP contribution in [0.5, 0.6) is 0 Å². The third kappa shape index (κ3) is 16.7. The molecule has 0 nitrogen and oxygen atoms in total. The Hall–Kier alpha value is -1.30.